The fourth-order valence-electron chi connectivity index (χ4n) is 1.90. The molecule has 1 aromatic heterocycles. The van der Waals surface area contributed by atoms with Gasteiger partial charge in [0.05, 0.1) is 12.6 Å². The largest absolute Gasteiger partial charge is 0.387 e. The highest BCUT2D eigenvalue weighted by atomic mass is 127. The summed E-state index contributed by atoms with van der Waals surface area (Å²) in [5.74, 6) is 0.572. The first-order valence-corrected chi connectivity index (χ1v) is 7.89. The number of hydrogen-bond acceptors (Lipinski definition) is 4. The van der Waals surface area contributed by atoms with Crippen molar-refractivity contribution < 1.29 is 9.63 Å². The van der Waals surface area contributed by atoms with Crippen molar-refractivity contribution in [3.8, 4) is 0 Å². The summed E-state index contributed by atoms with van der Waals surface area (Å²) in [4.78, 5) is 4.37. The summed E-state index contributed by atoms with van der Waals surface area (Å²) in [6.45, 7) is 3.30. The maximum Gasteiger partial charge on any atom is 0.191 e. The predicted octanol–water partition coefficient (Wildman–Crippen LogP) is 3.39. The second-order valence-electron chi connectivity index (χ2n) is 4.79. The van der Waals surface area contributed by atoms with Crippen LogP contribution in [0.3, 0.4) is 0 Å². The van der Waals surface area contributed by atoms with Gasteiger partial charge in [-0.2, -0.15) is 0 Å². The van der Waals surface area contributed by atoms with E-state index >= 15 is 0 Å². The average Bonchev–Trinajstić information content (AvgIpc) is 3.02. The van der Waals surface area contributed by atoms with Crippen molar-refractivity contribution in [3.63, 3.8) is 0 Å². The lowest BCUT2D eigenvalue weighted by Crippen LogP contribution is -2.39. The van der Waals surface area contributed by atoms with Crippen LogP contribution in [-0.2, 0) is 6.54 Å². The first-order valence-electron chi connectivity index (χ1n) is 7.14. The molecule has 3 N–H and O–H groups in total. The SMILES string of the molecule is CCNC(=NCc1ccon1)NCC(O)c1cc(Cl)cc(Cl)c1.I. The van der Waals surface area contributed by atoms with E-state index in [4.69, 9.17) is 27.7 Å². The monoisotopic (exact) mass is 484 g/mol. The first-order chi connectivity index (χ1) is 11.1. The summed E-state index contributed by atoms with van der Waals surface area (Å²) in [5, 5.41) is 21.2. The number of aliphatic imine (C=N–C) groups is 1. The van der Waals surface area contributed by atoms with Gasteiger partial charge in [0.1, 0.15) is 12.0 Å². The fraction of sp³-hybridized carbons (Fsp3) is 0.333. The minimum Gasteiger partial charge on any atom is -0.387 e. The molecule has 0 radical (unpaired) electrons. The quantitative estimate of drug-likeness (QED) is 0.332. The highest BCUT2D eigenvalue weighted by Gasteiger charge is 2.10. The molecule has 0 fully saturated rings. The van der Waals surface area contributed by atoms with Crippen molar-refractivity contribution in [2.45, 2.75) is 19.6 Å². The van der Waals surface area contributed by atoms with Crippen molar-refractivity contribution in [2.24, 2.45) is 4.99 Å². The van der Waals surface area contributed by atoms with Crippen molar-refractivity contribution in [3.05, 3.63) is 51.8 Å². The minimum atomic E-state index is -0.762. The Morgan fingerprint density at radius 1 is 1.29 bits per heavy atom. The van der Waals surface area contributed by atoms with E-state index in [9.17, 15) is 5.11 Å². The second kappa shape index (κ2) is 10.8. The van der Waals surface area contributed by atoms with E-state index in [1.54, 1.807) is 24.3 Å². The fourth-order valence-corrected chi connectivity index (χ4v) is 2.44. The highest BCUT2D eigenvalue weighted by molar-refractivity contribution is 14.0. The molecule has 0 saturated carbocycles. The van der Waals surface area contributed by atoms with E-state index in [1.807, 2.05) is 6.92 Å². The van der Waals surface area contributed by atoms with Crippen LogP contribution in [-0.4, -0.2) is 29.3 Å². The van der Waals surface area contributed by atoms with Gasteiger partial charge in [-0.05, 0) is 30.7 Å². The molecule has 1 heterocycles. The van der Waals surface area contributed by atoms with Gasteiger partial charge in [0.15, 0.2) is 5.96 Å². The lowest BCUT2D eigenvalue weighted by atomic mass is 10.1. The molecule has 0 aliphatic rings. The molecule has 1 unspecified atom stereocenters. The summed E-state index contributed by atoms with van der Waals surface area (Å²) < 4.78 is 4.76. The number of guanidine groups is 1. The molecule has 1 aromatic carbocycles. The first kappa shape index (κ1) is 21.0. The second-order valence-corrected chi connectivity index (χ2v) is 5.66. The Bertz CT molecular complexity index is 633. The van der Waals surface area contributed by atoms with Gasteiger partial charge in [0, 0.05) is 29.2 Å². The smallest absolute Gasteiger partial charge is 0.191 e. The molecule has 0 aliphatic carbocycles. The Hall–Kier alpha value is -1.03. The van der Waals surface area contributed by atoms with Crippen molar-refractivity contribution >= 4 is 53.1 Å². The zero-order chi connectivity index (χ0) is 16.7. The lowest BCUT2D eigenvalue weighted by molar-refractivity contribution is 0.181. The molecule has 0 bridgehead atoms. The number of nitrogens with one attached hydrogen (secondary N) is 2. The average molecular weight is 485 g/mol. The molecule has 24 heavy (non-hydrogen) atoms. The lowest BCUT2D eigenvalue weighted by Gasteiger charge is -2.16. The van der Waals surface area contributed by atoms with Gasteiger partial charge >= 0.3 is 0 Å². The van der Waals surface area contributed by atoms with Gasteiger partial charge in [-0.15, -0.1) is 24.0 Å². The number of rotatable bonds is 6. The van der Waals surface area contributed by atoms with E-state index in [-0.39, 0.29) is 30.5 Å². The number of aliphatic hydroxyl groups excluding tert-OH is 1. The Morgan fingerprint density at radius 3 is 2.58 bits per heavy atom. The maximum atomic E-state index is 10.2. The number of aliphatic hydroxyl groups is 1. The summed E-state index contributed by atoms with van der Waals surface area (Å²) >= 11 is 11.9. The maximum absolute atomic E-state index is 10.2. The normalized spacial score (nSPS) is 12.4. The molecule has 0 aliphatic heterocycles. The van der Waals surface area contributed by atoms with Crippen LogP contribution in [0, 0.1) is 0 Å². The van der Waals surface area contributed by atoms with Gasteiger partial charge in [-0.25, -0.2) is 4.99 Å². The Morgan fingerprint density at radius 2 is 2.00 bits per heavy atom. The van der Waals surface area contributed by atoms with Gasteiger partial charge in [0.25, 0.3) is 0 Å². The number of hydrogen-bond donors (Lipinski definition) is 3. The van der Waals surface area contributed by atoms with Gasteiger partial charge in [0.2, 0.25) is 0 Å². The molecule has 1 atom stereocenters. The Kier molecular flexibility index (Phi) is 9.42. The third kappa shape index (κ3) is 6.84. The van der Waals surface area contributed by atoms with Crippen molar-refractivity contribution in [1.82, 2.24) is 15.8 Å². The third-order valence-corrected chi connectivity index (χ3v) is 3.40. The van der Waals surface area contributed by atoms with Gasteiger partial charge in [-0.1, -0.05) is 28.4 Å². The van der Waals surface area contributed by atoms with Crippen LogP contribution in [0.15, 0.2) is 40.0 Å². The van der Waals surface area contributed by atoms with Crippen LogP contribution in [0.2, 0.25) is 10.0 Å². The van der Waals surface area contributed by atoms with E-state index < -0.39 is 6.10 Å². The minimum absolute atomic E-state index is 0. The molecule has 9 heteroatoms. The molecule has 2 aromatic rings. The van der Waals surface area contributed by atoms with Crippen molar-refractivity contribution in [2.75, 3.05) is 13.1 Å². The van der Waals surface area contributed by atoms with Crippen LogP contribution in [0.1, 0.15) is 24.3 Å². The van der Waals surface area contributed by atoms with Crippen LogP contribution < -0.4 is 10.6 Å². The number of halogens is 3. The van der Waals surface area contributed by atoms with E-state index in [2.05, 4.69) is 20.8 Å². The molecule has 0 amide bonds. The van der Waals surface area contributed by atoms with Crippen LogP contribution in [0.5, 0.6) is 0 Å². The molecule has 6 nitrogen and oxygen atoms in total. The molecule has 132 valence electrons. The number of aromatic nitrogens is 1. The third-order valence-electron chi connectivity index (χ3n) is 2.97. The predicted molar refractivity (Wildman–Crippen MR) is 106 cm³/mol. The Balaban J connectivity index is 0.00000288. The number of nitrogens with zero attached hydrogens (tertiary/aromatic N) is 2. The summed E-state index contributed by atoms with van der Waals surface area (Å²) in [6.07, 6.45) is 0.736. The zero-order valence-electron chi connectivity index (χ0n) is 13.0. The summed E-state index contributed by atoms with van der Waals surface area (Å²) in [5.41, 5.74) is 1.37. The molecular formula is C15H19Cl2IN4O2. The van der Waals surface area contributed by atoms with Gasteiger partial charge in [-0.3, -0.25) is 0 Å². The molecule has 0 spiro atoms. The zero-order valence-corrected chi connectivity index (χ0v) is 16.8. The Labute approximate surface area is 167 Å². The summed E-state index contributed by atoms with van der Waals surface area (Å²) in [6, 6.07) is 6.73. The van der Waals surface area contributed by atoms with Crippen LogP contribution in [0.4, 0.5) is 0 Å². The summed E-state index contributed by atoms with van der Waals surface area (Å²) in [7, 11) is 0. The highest BCUT2D eigenvalue weighted by Crippen LogP contribution is 2.23. The molecular weight excluding hydrogens is 466 g/mol. The standard InChI is InChI=1S/C15H18Cl2N4O2.HI/c1-2-18-15(19-8-13-3-4-23-21-13)20-9-14(22)10-5-11(16)7-12(17)6-10;/h3-7,14,22H,2,8-9H2,1H3,(H2,18,19,20);1H. The van der Waals surface area contributed by atoms with Gasteiger partial charge < -0.3 is 20.3 Å². The number of benzene rings is 1. The van der Waals surface area contributed by atoms with E-state index in [1.165, 1.54) is 6.26 Å². The van der Waals surface area contributed by atoms with Crippen LogP contribution in [0.25, 0.3) is 0 Å². The van der Waals surface area contributed by atoms with E-state index in [0.29, 0.717) is 34.7 Å². The van der Waals surface area contributed by atoms with E-state index in [0.717, 1.165) is 5.69 Å². The molecule has 0 saturated heterocycles. The van der Waals surface area contributed by atoms with Crippen LogP contribution >= 0.6 is 47.2 Å². The molecule has 2 rings (SSSR count). The van der Waals surface area contributed by atoms with Crippen molar-refractivity contribution in [1.29, 1.82) is 0 Å². The topological polar surface area (TPSA) is 82.7 Å².